The molecule has 0 aliphatic heterocycles. The first-order valence-corrected chi connectivity index (χ1v) is 5.19. The Morgan fingerprint density at radius 3 is 1.50 bits per heavy atom. The second-order valence-electron chi connectivity index (χ2n) is 1.51. The molecule has 7 heteroatoms. The summed E-state index contributed by atoms with van der Waals surface area (Å²) in [6.07, 6.45) is 0.589. The molecule has 0 rings (SSSR count). The fourth-order valence-corrected chi connectivity index (χ4v) is 1.45. The first-order chi connectivity index (χ1) is 4.13. The van der Waals surface area contributed by atoms with Crippen molar-refractivity contribution in [3.8, 4) is 0 Å². The molecule has 4 nitrogen and oxygen atoms in total. The van der Waals surface area contributed by atoms with E-state index in [0.29, 0.717) is 6.42 Å². The normalized spacial score (nSPS) is 11.8. The monoisotopic (exact) mass is 234 g/mol. The predicted octanol–water partition coefficient (Wildman–Crippen LogP) is 0.843. The minimum Gasteiger partial charge on any atom is -0.161 e. The van der Waals surface area contributed by atoms with Gasteiger partial charge in [-0.25, -0.2) is 0 Å². The van der Waals surface area contributed by atoms with Crippen LogP contribution in [0.5, 0.6) is 0 Å². The zero-order valence-electron chi connectivity index (χ0n) is 5.43. The Balaban J connectivity index is 0. The Morgan fingerprint density at radius 1 is 1.00 bits per heavy atom. The molecule has 0 aromatic heterocycles. The minimum atomic E-state index is -2.12. The average molecular weight is 235 g/mol. The molecule has 0 aromatic carbocycles. The molecule has 0 bridgehead atoms. The molecule has 10 heavy (non-hydrogen) atoms. The average Bonchev–Trinajstić information content (AvgIpc) is 1.63. The Bertz CT molecular complexity index is 114. The van der Waals surface area contributed by atoms with Gasteiger partial charge in [-0.15, -0.1) is 0 Å². The Kier molecular flexibility index (Phi) is 10.5. The van der Waals surface area contributed by atoms with Gasteiger partial charge >= 0.3 is 16.1 Å². The van der Waals surface area contributed by atoms with Gasteiger partial charge in [0.05, 0.1) is 0 Å². The van der Waals surface area contributed by atoms with Gasteiger partial charge in [0.1, 0.15) is 0 Å². The third-order valence-electron chi connectivity index (χ3n) is 0.699. The van der Waals surface area contributed by atoms with E-state index in [4.69, 9.17) is 9.79 Å². The SMILES string of the molecule is O=[P+](O)CCC[P+](=O)O.[Zn]. The van der Waals surface area contributed by atoms with Crippen molar-refractivity contribution in [1.29, 1.82) is 0 Å². The molecular weight excluding hydrogens is 227 g/mol. The molecule has 2 N–H and O–H groups in total. The molecule has 2 atom stereocenters. The van der Waals surface area contributed by atoms with Crippen LogP contribution in [0.25, 0.3) is 0 Å². The quantitative estimate of drug-likeness (QED) is 0.559. The summed E-state index contributed by atoms with van der Waals surface area (Å²) in [4.78, 5) is 16.4. The molecule has 0 radical (unpaired) electrons. The van der Waals surface area contributed by atoms with Gasteiger partial charge in [-0.2, -0.15) is 9.79 Å². The Labute approximate surface area is 73.5 Å². The largest absolute Gasteiger partial charge is 0.505 e. The molecule has 0 aliphatic rings. The summed E-state index contributed by atoms with van der Waals surface area (Å²) in [6, 6.07) is 0. The fraction of sp³-hybridized carbons (Fsp3) is 1.00. The summed E-state index contributed by atoms with van der Waals surface area (Å²) in [5, 5.41) is 0. The van der Waals surface area contributed by atoms with E-state index in [1.807, 2.05) is 0 Å². The van der Waals surface area contributed by atoms with Crippen molar-refractivity contribution < 1.29 is 38.4 Å². The standard InChI is InChI=1S/C3H6O4P2.Zn/c4-8(5)2-1-3-9(6)7;/h1-3H2;/p+2. The van der Waals surface area contributed by atoms with E-state index in [-0.39, 0.29) is 31.8 Å². The van der Waals surface area contributed by atoms with Gasteiger partial charge in [-0.1, -0.05) is 0 Å². The van der Waals surface area contributed by atoms with Crippen LogP contribution < -0.4 is 0 Å². The van der Waals surface area contributed by atoms with Gasteiger partial charge in [0.15, 0.2) is 12.3 Å². The maximum Gasteiger partial charge on any atom is 0.505 e. The fourth-order valence-electron chi connectivity index (χ4n) is 0.341. The van der Waals surface area contributed by atoms with E-state index in [0.717, 1.165) is 0 Å². The zero-order valence-corrected chi connectivity index (χ0v) is 10.2. The van der Waals surface area contributed by atoms with Crippen LogP contribution in [-0.2, 0) is 28.6 Å². The summed E-state index contributed by atoms with van der Waals surface area (Å²) in [6.45, 7) is 0. The van der Waals surface area contributed by atoms with Gasteiger partial charge in [-0.3, -0.25) is 0 Å². The van der Waals surface area contributed by atoms with Crippen molar-refractivity contribution >= 4 is 16.1 Å². The Hall–Kier alpha value is 0.743. The topological polar surface area (TPSA) is 74.6 Å². The molecular formula is C3H8O4P2Zn+2. The van der Waals surface area contributed by atoms with Crippen molar-refractivity contribution in [2.75, 3.05) is 12.3 Å². The van der Waals surface area contributed by atoms with Crippen LogP contribution in [0.1, 0.15) is 6.42 Å². The van der Waals surface area contributed by atoms with Crippen LogP contribution in [0, 0.1) is 0 Å². The van der Waals surface area contributed by atoms with Gasteiger partial charge in [-0.05, 0) is 9.13 Å². The summed E-state index contributed by atoms with van der Waals surface area (Å²) < 4.78 is 19.9. The summed E-state index contributed by atoms with van der Waals surface area (Å²) in [5.41, 5.74) is 0. The smallest absolute Gasteiger partial charge is 0.161 e. The zero-order chi connectivity index (χ0) is 7.28. The molecule has 2 unspecified atom stereocenters. The van der Waals surface area contributed by atoms with Crippen LogP contribution in [-0.4, -0.2) is 22.1 Å². The summed E-state index contributed by atoms with van der Waals surface area (Å²) in [5.74, 6) is 0. The van der Waals surface area contributed by atoms with Crippen LogP contribution in [0.15, 0.2) is 0 Å². The van der Waals surface area contributed by atoms with Gasteiger partial charge in [0.25, 0.3) is 0 Å². The molecule has 0 spiro atoms. The maximum atomic E-state index is 9.95. The summed E-state index contributed by atoms with van der Waals surface area (Å²) in [7, 11) is -4.24. The first-order valence-electron chi connectivity index (χ1n) is 2.40. The van der Waals surface area contributed by atoms with Gasteiger partial charge in [0, 0.05) is 25.9 Å². The summed E-state index contributed by atoms with van der Waals surface area (Å²) >= 11 is 0. The molecule has 54 valence electrons. The third-order valence-corrected chi connectivity index (χ3v) is 2.10. The number of rotatable bonds is 4. The molecule has 0 aromatic rings. The predicted molar refractivity (Wildman–Crippen MR) is 34.0 cm³/mol. The van der Waals surface area contributed by atoms with Crippen LogP contribution in [0.2, 0.25) is 0 Å². The van der Waals surface area contributed by atoms with Crippen LogP contribution in [0.4, 0.5) is 0 Å². The van der Waals surface area contributed by atoms with E-state index >= 15 is 0 Å². The minimum absolute atomic E-state index is 0. The number of hydrogen-bond acceptors (Lipinski definition) is 2. The second kappa shape index (κ2) is 7.85. The van der Waals surface area contributed by atoms with E-state index in [9.17, 15) is 9.13 Å². The van der Waals surface area contributed by atoms with Crippen molar-refractivity contribution in [1.82, 2.24) is 0 Å². The van der Waals surface area contributed by atoms with E-state index in [1.54, 1.807) is 0 Å². The first kappa shape index (κ1) is 13.3. The molecule has 0 aliphatic carbocycles. The third kappa shape index (κ3) is 11.5. The molecule has 0 amide bonds. The van der Waals surface area contributed by atoms with E-state index in [2.05, 4.69) is 0 Å². The van der Waals surface area contributed by atoms with Gasteiger partial charge < -0.3 is 0 Å². The second-order valence-corrected chi connectivity index (χ2v) is 3.81. The molecule has 0 saturated heterocycles. The van der Waals surface area contributed by atoms with Crippen molar-refractivity contribution in [2.45, 2.75) is 6.42 Å². The van der Waals surface area contributed by atoms with Crippen molar-refractivity contribution in [3.63, 3.8) is 0 Å². The van der Waals surface area contributed by atoms with Crippen LogP contribution >= 0.6 is 16.1 Å². The van der Waals surface area contributed by atoms with E-state index < -0.39 is 16.1 Å². The van der Waals surface area contributed by atoms with E-state index in [1.165, 1.54) is 0 Å². The molecule has 0 fully saturated rings. The van der Waals surface area contributed by atoms with Crippen LogP contribution in [0.3, 0.4) is 0 Å². The number of hydrogen-bond donors (Lipinski definition) is 2. The molecule has 0 heterocycles. The van der Waals surface area contributed by atoms with Gasteiger partial charge in [0.2, 0.25) is 0 Å². The maximum absolute atomic E-state index is 9.95. The van der Waals surface area contributed by atoms with Crippen molar-refractivity contribution in [3.05, 3.63) is 0 Å². The Morgan fingerprint density at radius 2 is 1.30 bits per heavy atom. The van der Waals surface area contributed by atoms with Crippen molar-refractivity contribution in [2.24, 2.45) is 0 Å². The molecule has 0 saturated carbocycles.